The molecular weight excluding hydrogens is 424 g/mol. The molecule has 0 radical (unpaired) electrons. The first-order valence-electron chi connectivity index (χ1n) is 14.8. The van der Waals surface area contributed by atoms with Gasteiger partial charge >= 0.3 is 0 Å². The van der Waals surface area contributed by atoms with Crippen LogP contribution in [0.4, 0.5) is 0 Å². The summed E-state index contributed by atoms with van der Waals surface area (Å²) in [5.41, 5.74) is 0. The molecule has 0 aliphatic heterocycles. The monoisotopic (exact) mass is 478 g/mol. The molecule has 14 unspecified atom stereocenters. The van der Waals surface area contributed by atoms with Crippen molar-refractivity contribution in [3.05, 3.63) is 0 Å². The van der Waals surface area contributed by atoms with E-state index in [2.05, 4.69) is 27.7 Å². The lowest BCUT2D eigenvalue weighted by Crippen LogP contribution is -2.44. The van der Waals surface area contributed by atoms with Gasteiger partial charge < -0.3 is 20.4 Å². The summed E-state index contributed by atoms with van der Waals surface area (Å²) in [6.45, 7) is 9.10. The first-order valence-corrected chi connectivity index (χ1v) is 14.8. The molecule has 0 bridgehead atoms. The highest BCUT2D eigenvalue weighted by atomic mass is 16.3. The van der Waals surface area contributed by atoms with Gasteiger partial charge in [0, 0.05) is 0 Å². The minimum absolute atomic E-state index is 0.128. The van der Waals surface area contributed by atoms with E-state index in [0.29, 0.717) is 59.2 Å². The third-order valence-electron chi connectivity index (χ3n) is 11.2. The highest BCUT2D eigenvalue weighted by molar-refractivity contribution is 4.94. The number of aliphatic hydroxyl groups is 4. The zero-order chi connectivity index (χ0) is 24.6. The Morgan fingerprint density at radius 2 is 0.824 bits per heavy atom. The van der Waals surface area contributed by atoms with Crippen molar-refractivity contribution in [1.29, 1.82) is 0 Å². The summed E-state index contributed by atoms with van der Waals surface area (Å²) < 4.78 is 0. The topological polar surface area (TPSA) is 80.9 Å². The molecule has 0 amide bonds. The molecule has 0 saturated heterocycles. The Bertz CT molecular complexity index is 585. The van der Waals surface area contributed by atoms with Crippen LogP contribution in [0.25, 0.3) is 0 Å². The lowest BCUT2D eigenvalue weighted by Gasteiger charge is -2.48. The third-order valence-corrected chi connectivity index (χ3v) is 11.2. The SMILES string of the molecule is CC1CC(O)CCC1CC1CC(C2CC(C)C(O)C(CC3CCC(O)CC3C)C2)CC(C)C1O. The summed E-state index contributed by atoms with van der Waals surface area (Å²) in [4.78, 5) is 0. The van der Waals surface area contributed by atoms with Crippen molar-refractivity contribution in [2.24, 2.45) is 59.2 Å². The van der Waals surface area contributed by atoms with Crippen molar-refractivity contribution in [3.63, 3.8) is 0 Å². The first kappa shape index (κ1) is 26.9. The van der Waals surface area contributed by atoms with E-state index in [1.807, 2.05) is 0 Å². The highest BCUT2D eigenvalue weighted by Crippen LogP contribution is 2.49. The lowest BCUT2D eigenvalue weighted by molar-refractivity contribution is -0.0625. The van der Waals surface area contributed by atoms with Crippen LogP contribution in [0, 0.1) is 59.2 Å². The molecule has 0 heterocycles. The smallest absolute Gasteiger partial charge is 0.0594 e. The van der Waals surface area contributed by atoms with Crippen LogP contribution in [0.2, 0.25) is 0 Å². The number of rotatable bonds is 5. The second-order valence-corrected chi connectivity index (χ2v) is 13.8. The summed E-state index contributed by atoms with van der Waals surface area (Å²) >= 11 is 0. The highest BCUT2D eigenvalue weighted by Gasteiger charge is 2.44. The Hall–Kier alpha value is -0.160. The van der Waals surface area contributed by atoms with Crippen molar-refractivity contribution in [3.8, 4) is 0 Å². The van der Waals surface area contributed by atoms with E-state index in [9.17, 15) is 20.4 Å². The van der Waals surface area contributed by atoms with E-state index in [1.54, 1.807) is 0 Å². The molecule has 4 saturated carbocycles. The predicted octanol–water partition coefficient (Wildman–Crippen LogP) is 5.41. The van der Waals surface area contributed by atoms with Crippen LogP contribution in [-0.4, -0.2) is 44.8 Å². The normalized spacial score (nSPS) is 52.9. The molecule has 4 fully saturated rings. The second kappa shape index (κ2) is 11.5. The van der Waals surface area contributed by atoms with Crippen LogP contribution >= 0.6 is 0 Å². The minimum Gasteiger partial charge on any atom is -0.393 e. The zero-order valence-corrected chi connectivity index (χ0v) is 22.4. The summed E-state index contributed by atoms with van der Waals surface area (Å²) in [6, 6.07) is 0. The first-order chi connectivity index (χ1) is 16.1. The van der Waals surface area contributed by atoms with Gasteiger partial charge in [0.1, 0.15) is 0 Å². The number of hydrogen-bond acceptors (Lipinski definition) is 4. The largest absolute Gasteiger partial charge is 0.393 e. The summed E-state index contributed by atoms with van der Waals surface area (Å²) in [5.74, 6) is 5.19. The third kappa shape index (κ3) is 6.21. The molecular formula is C30H54O4. The van der Waals surface area contributed by atoms with Gasteiger partial charge in [-0.15, -0.1) is 0 Å². The molecule has 4 rings (SSSR count). The Balaban J connectivity index is 1.39. The molecule has 0 aromatic rings. The maximum atomic E-state index is 11.1. The van der Waals surface area contributed by atoms with Crippen LogP contribution in [0.5, 0.6) is 0 Å². The van der Waals surface area contributed by atoms with E-state index in [4.69, 9.17) is 0 Å². The molecule has 4 heteroatoms. The molecule has 0 spiro atoms. The standard InChI is InChI=1S/C30H54O4/c1-17-11-27(31)7-5-21(17)13-25-15-23(9-19(3)29(25)33)24-10-20(4)30(34)26(16-24)14-22-6-8-28(32)12-18(22)2/h17-34H,5-16H2,1-4H3. The second-order valence-electron chi connectivity index (χ2n) is 13.8. The van der Waals surface area contributed by atoms with E-state index < -0.39 is 0 Å². The van der Waals surface area contributed by atoms with E-state index in [-0.39, 0.29) is 24.4 Å². The van der Waals surface area contributed by atoms with Gasteiger partial charge in [0.25, 0.3) is 0 Å². The Morgan fingerprint density at radius 1 is 0.441 bits per heavy atom. The van der Waals surface area contributed by atoms with Gasteiger partial charge in [-0.2, -0.15) is 0 Å². The van der Waals surface area contributed by atoms with Crippen molar-refractivity contribution >= 4 is 0 Å². The number of aliphatic hydroxyl groups excluding tert-OH is 4. The fraction of sp³-hybridized carbons (Fsp3) is 1.00. The van der Waals surface area contributed by atoms with E-state index in [1.165, 1.54) is 0 Å². The van der Waals surface area contributed by atoms with Crippen LogP contribution in [-0.2, 0) is 0 Å². The van der Waals surface area contributed by atoms with Gasteiger partial charge in [0.05, 0.1) is 24.4 Å². The molecule has 0 aromatic heterocycles. The predicted molar refractivity (Wildman–Crippen MR) is 137 cm³/mol. The van der Waals surface area contributed by atoms with Crippen molar-refractivity contribution < 1.29 is 20.4 Å². The molecule has 4 N–H and O–H groups in total. The number of hydrogen-bond donors (Lipinski definition) is 4. The Labute approximate surface area is 208 Å². The maximum Gasteiger partial charge on any atom is 0.0594 e. The van der Waals surface area contributed by atoms with Crippen LogP contribution < -0.4 is 0 Å². The zero-order valence-electron chi connectivity index (χ0n) is 22.4. The van der Waals surface area contributed by atoms with Crippen LogP contribution in [0.15, 0.2) is 0 Å². The molecule has 0 aromatic carbocycles. The molecule has 4 aliphatic carbocycles. The van der Waals surface area contributed by atoms with Gasteiger partial charge in [0.15, 0.2) is 0 Å². The fourth-order valence-corrected chi connectivity index (χ4v) is 8.99. The van der Waals surface area contributed by atoms with Gasteiger partial charge in [-0.05, 0) is 136 Å². The molecule has 14 atom stereocenters. The molecule has 4 nitrogen and oxygen atoms in total. The van der Waals surface area contributed by atoms with Gasteiger partial charge in [-0.1, -0.05) is 27.7 Å². The van der Waals surface area contributed by atoms with Crippen LogP contribution in [0.1, 0.15) is 105 Å². The lowest BCUT2D eigenvalue weighted by atomic mass is 9.59. The molecule has 34 heavy (non-hydrogen) atoms. The Morgan fingerprint density at radius 3 is 1.18 bits per heavy atom. The average Bonchev–Trinajstić information content (AvgIpc) is 2.77. The summed E-state index contributed by atoms with van der Waals surface area (Å²) in [5, 5.41) is 42.3. The van der Waals surface area contributed by atoms with Gasteiger partial charge in [-0.3, -0.25) is 0 Å². The van der Waals surface area contributed by atoms with Crippen LogP contribution in [0.3, 0.4) is 0 Å². The quantitative estimate of drug-likeness (QED) is 0.426. The van der Waals surface area contributed by atoms with E-state index >= 15 is 0 Å². The van der Waals surface area contributed by atoms with Crippen molar-refractivity contribution in [2.75, 3.05) is 0 Å². The average molecular weight is 479 g/mol. The summed E-state index contributed by atoms with van der Waals surface area (Å²) in [6.07, 6.45) is 12.0. The molecule has 4 aliphatic rings. The molecule has 198 valence electrons. The maximum absolute atomic E-state index is 11.1. The van der Waals surface area contributed by atoms with E-state index in [0.717, 1.165) is 77.0 Å². The van der Waals surface area contributed by atoms with Crippen molar-refractivity contribution in [1.82, 2.24) is 0 Å². The minimum atomic E-state index is -0.188. The summed E-state index contributed by atoms with van der Waals surface area (Å²) in [7, 11) is 0. The van der Waals surface area contributed by atoms with Gasteiger partial charge in [0.2, 0.25) is 0 Å². The fourth-order valence-electron chi connectivity index (χ4n) is 8.99. The van der Waals surface area contributed by atoms with Crippen molar-refractivity contribution in [2.45, 2.75) is 129 Å². The Kier molecular flexibility index (Phi) is 9.08. The van der Waals surface area contributed by atoms with Gasteiger partial charge in [-0.25, -0.2) is 0 Å².